The van der Waals surface area contributed by atoms with Crippen molar-refractivity contribution in [1.29, 1.82) is 0 Å². The molecule has 0 atom stereocenters. The van der Waals surface area contributed by atoms with Crippen LogP contribution < -0.4 is 0 Å². The molecule has 31 heavy (non-hydrogen) atoms. The molecule has 0 saturated carbocycles. The zero-order valence-corrected chi connectivity index (χ0v) is 25.6. The number of hydrogen-bond acceptors (Lipinski definition) is 1. The van der Waals surface area contributed by atoms with Gasteiger partial charge in [0, 0.05) is 87.3 Å². The summed E-state index contributed by atoms with van der Waals surface area (Å²) in [6.07, 6.45) is 2.64. The van der Waals surface area contributed by atoms with Gasteiger partial charge in [-0.05, 0) is 22.4 Å². The molecule has 4 aromatic rings. The number of unbranched alkanes of at least 4 members (excludes halogenated alkanes) is 1. The monoisotopic (exact) mass is 564 g/mol. The molecule has 0 N–H and O–H groups in total. The average molecular weight is 564 g/mol. The molecule has 3 aromatic carbocycles. The van der Waals surface area contributed by atoms with Crippen molar-refractivity contribution in [2.45, 2.75) is 52.9 Å². The molecule has 160 valence electrons. The van der Waals surface area contributed by atoms with Crippen LogP contribution in [0.5, 0.6) is 0 Å². The summed E-state index contributed by atoms with van der Waals surface area (Å²) < 4.78 is 6.28. The molecule has 1 aliphatic rings. The van der Waals surface area contributed by atoms with Crippen molar-refractivity contribution in [3.05, 3.63) is 86.1 Å². The topological polar surface area (TPSA) is 13.1 Å². The van der Waals surface area contributed by atoms with Gasteiger partial charge >= 0.3 is 0 Å². The van der Waals surface area contributed by atoms with Gasteiger partial charge in [-0.2, -0.15) is 6.92 Å². The van der Waals surface area contributed by atoms with Gasteiger partial charge in [-0.15, -0.1) is 0 Å². The van der Waals surface area contributed by atoms with Gasteiger partial charge in [0.1, 0.15) is 11.3 Å². The number of para-hydroxylation sites is 1. The van der Waals surface area contributed by atoms with Gasteiger partial charge in [0.25, 0.3) is 0 Å². The van der Waals surface area contributed by atoms with Crippen molar-refractivity contribution in [3.8, 4) is 11.3 Å². The predicted octanol–water partition coefficient (Wildman–Crippen LogP) is 8.98. The van der Waals surface area contributed by atoms with Gasteiger partial charge in [-0.25, -0.2) is 0 Å². The van der Waals surface area contributed by atoms with Crippen LogP contribution in [0.3, 0.4) is 0 Å². The van der Waals surface area contributed by atoms with Crippen molar-refractivity contribution in [2.24, 2.45) is 0 Å². The van der Waals surface area contributed by atoms with Crippen LogP contribution in [0, 0.1) is 14.4 Å². The van der Waals surface area contributed by atoms with Crippen LogP contribution in [0.15, 0.2) is 65.1 Å². The molecule has 1 aliphatic carbocycles. The predicted molar refractivity (Wildman–Crippen MR) is 129 cm³/mol. The van der Waals surface area contributed by atoms with Crippen molar-refractivity contribution < 1.29 is 69.8 Å². The number of rotatable bonds is 1. The number of benzene rings is 3. The van der Waals surface area contributed by atoms with Gasteiger partial charge in [0.05, 0.1) is 0 Å². The van der Waals surface area contributed by atoms with Gasteiger partial charge in [0.2, 0.25) is 0 Å². The fourth-order valence-corrected chi connectivity index (χ4v) is 4.01. The number of fused-ring (bicyclic) bond motifs is 7. The van der Waals surface area contributed by atoms with Crippen molar-refractivity contribution in [2.75, 3.05) is 0 Å². The zero-order chi connectivity index (χ0) is 20.3. The normalized spacial score (nSPS) is 11.9. The molecule has 0 saturated heterocycles. The molecule has 1 aromatic heterocycles. The first kappa shape index (κ1) is 30.7. The van der Waals surface area contributed by atoms with E-state index in [1.165, 1.54) is 45.7 Å². The van der Waals surface area contributed by atoms with Gasteiger partial charge in [-0.1, -0.05) is 95.1 Å². The Bertz CT molecular complexity index is 1090. The molecular weight excluding hydrogens is 530 g/mol. The van der Waals surface area contributed by atoms with Crippen molar-refractivity contribution >= 4 is 21.7 Å². The molecule has 0 bridgehead atoms. The van der Waals surface area contributed by atoms with E-state index in [1.807, 2.05) is 6.07 Å². The third kappa shape index (κ3) is 5.60. The molecule has 2 radical (unpaired) electrons. The first-order chi connectivity index (χ1) is 13.6. The summed E-state index contributed by atoms with van der Waals surface area (Å²) in [6, 6.07) is 21.4. The molecular formula is C28H34OY2-2. The summed E-state index contributed by atoms with van der Waals surface area (Å²) in [6.45, 7) is 14.0. The number of furan rings is 1. The van der Waals surface area contributed by atoms with E-state index in [1.54, 1.807) is 6.92 Å². The second kappa shape index (κ2) is 13.4. The Morgan fingerprint density at radius 2 is 1.32 bits per heavy atom. The largest absolute Gasteiger partial charge is 0.456 e. The molecule has 0 spiro atoms. The van der Waals surface area contributed by atoms with Crippen molar-refractivity contribution in [3.63, 3.8) is 0 Å². The molecule has 1 nitrogen and oxygen atoms in total. The van der Waals surface area contributed by atoms with E-state index in [0.29, 0.717) is 0 Å². The van der Waals surface area contributed by atoms with E-state index >= 15 is 0 Å². The first-order valence-corrected chi connectivity index (χ1v) is 10.3. The second-order valence-electron chi connectivity index (χ2n) is 7.64. The van der Waals surface area contributed by atoms with Crippen LogP contribution in [0.2, 0.25) is 0 Å². The van der Waals surface area contributed by atoms with Crippen LogP contribution >= 0.6 is 0 Å². The van der Waals surface area contributed by atoms with Crippen molar-refractivity contribution in [1.82, 2.24) is 0 Å². The van der Waals surface area contributed by atoms with E-state index in [4.69, 9.17) is 4.42 Å². The summed E-state index contributed by atoms with van der Waals surface area (Å²) in [5.74, 6) is 1.05. The third-order valence-corrected chi connectivity index (χ3v) is 5.55. The van der Waals surface area contributed by atoms with E-state index < -0.39 is 0 Å². The molecule has 0 amide bonds. The summed E-state index contributed by atoms with van der Waals surface area (Å²) >= 11 is 0. The zero-order valence-electron chi connectivity index (χ0n) is 20.0. The quantitative estimate of drug-likeness (QED) is 0.211. The Labute approximate surface area is 239 Å². The molecule has 5 rings (SSSR count). The second-order valence-corrected chi connectivity index (χ2v) is 7.64. The summed E-state index contributed by atoms with van der Waals surface area (Å²) in [4.78, 5) is 0. The van der Waals surface area contributed by atoms with Gasteiger partial charge in [-0.3, -0.25) is 0 Å². The van der Waals surface area contributed by atoms with Crippen LogP contribution in [-0.4, -0.2) is 0 Å². The standard InChI is InChI=1S/C21H16O.C4H10.C2H5.CH3.2Y/c1-21(2)16-12-11-13-7-3-4-8-14(13)18(16)20-19(21)15-9-5-6-10-17(15)22-20;1-3-4-2;1-2;;;/h3-12H,1-2H3;3-4H2,1-2H3;1H2,2H3;1H3;;/q;;2*-1;;. The van der Waals surface area contributed by atoms with E-state index in [2.05, 4.69) is 89.2 Å². The summed E-state index contributed by atoms with van der Waals surface area (Å²) in [5, 5.41) is 3.79. The average Bonchev–Trinajstić information content (AvgIpc) is 3.23. The Kier molecular flexibility index (Phi) is 13.2. The van der Waals surface area contributed by atoms with Crippen LogP contribution in [-0.2, 0) is 70.8 Å². The summed E-state index contributed by atoms with van der Waals surface area (Å²) in [7, 11) is 0. The molecule has 0 unspecified atom stereocenters. The van der Waals surface area contributed by atoms with Gasteiger partial charge < -0.3 is 18.8 Å². The van der Waals surface area contributed by atoms with E-state index in [0.717, 1.165) is 11.3 Å². The van der Waals surface area contributed by atoms with Crippen LogP contribution in [0.1, 0.15) is 58.6 Å². The Hall–Kier alpha value is -0.332. The Balaban J connectivity index is 0.000000910. The minimum atomic E-state index is -0.0265. The van der Waals surface area contributed by atoms with E-state index in [9.17, 15) is 0 Å². The van der Waals surface area contributed by atoms with Crippen LogP contribution in [0.25, 0.3) is 33.1 Å². The maximum absolute atomic E-state index is 6.28. The minimum Gasteiger partial charge on any atom is -0.456 e. The Morgan fingerprint density at radius 1 is 0.774 bits per heavy atom. The number of hydrogen-bond donors (Lipinski definition) is 0. The molecule has 1 heterocycles. The smallest absolute Gasteiger partial charge is 0.140 e. The van der Waals surface area contributed by atoms with Crippen LogP contribution in [0.4, 0.5) is 0 Å². The third-order valence-electron chi connectivity index (χ3n) is 5.55. The first-order valence-electron chi connectivity index (χ1n) is 10.3. The SMILES string of the molecule is CC1(C)c2ccc3ccccc3c2-c2oc3ccccc3c21.CCCC.[CH2-]C.[CH3-].[Y].[Y]. The van der Waals surface area contributed by atoms with Gasteiger partial charge in [0.15, 0.2) is 0 Å². The molecule has 3 heteroatoms. The summed E-state index contributed by atoms with van der Waals surface area (Å²) in [5.41, 5.74) is 4.93. The molecule has 0 fully saturated rings. The fraction of sp³-hybridized carbons (Fsp3) is 0.286. The molecule has 0 aliphatic heterocycles. The maximum atomic E-state index is 6.28. The maximum Gasteiger partial charge on any atom is 0.140 e. The fourth-order valence-electron chi connectivity index (χ4n) is 4.01. The minimum absolute atomic E-state index is 0. The van der Waals surface area contributed by atoms with E-state index in [-0.39, 0.29) is 78.3 Å². The Morgan fingerprint density at radius 3 is 1.94 bits per heavy atom.